The summed E-state index contributed by atoms with van der Waals surface area (Å²) in [6, 6.07) is 26.2. The van der Waals surface area contributed by atoms with E-state index in [4.69, 9.17) is 13.9 Å². The highest BCUT2D eigenvalue weighted by molar-refractivity contribution is 5.76. The Morgan fingerprint density at radius 1 is 1.03 bits per heavy atom. The Bertz CT molecular complexity index is 1370. The number of aryl methyl sites for hydroxylation is 1. The fourth-order valence-electron chi connectivity index (χ4n) is 4.82. The van der Waals surface area contributed by atoms with Gasteiger partial charge in [0, 0.05) is 18.5 Å². The Kier molecular flexibility index (Phi) is 7.83. The predicted octanol–water partition coefficient (Wildman–Crippen LogP) is 5.90. The number of para-hydroxylation sites is 1. The van der Waals surface area contributed by atoms with Crippen molar-refractivity contribution < 1.29 is 23.5 Å². The quantitative estimate of drug-likeness (QED) is 0.261. The standard InChI is InChI=1S/C31H30N2O5/c1-22-29(32-30(37-22)25-10-4-2-5-11-25)15-16-36-28-14-8-9-23(19-28)17-24-18-26(21-34)33(20-24)31(35)38-27-12-6-3-7-13-27/h2-14,19,21,24,26H,15-18,20H2,1H3/t24-,26-/m0/s1. The minimum atomic E-state index is -0.494. The van der Waals surface area contributed by atoms with Crippen LogP contribution in [-0.4, -0.2) is 41.5 Å². The van der Waals surface area contributed by atoms with Crippen LogP contribution in [0.15, 0.2) is 89.3 Å². The van der Waals surface area contributed by atoms with E-state index < -0.39 is 12.1 Å². The van der Waals surface area contributed by atoms with Crippen molar-refractivity contribution in [1.29, 1.82) is 0 Å². The number of hydrogen-bond acceptors (Lipinski definition) is 6. The predicted molar refractivity (Wildman–Crippen MR) is 143 cm³/mol. The fourth-order valence-corrected chi connectivity index (χ4v) is 4.82. The lowest BCUT2D eigenvalue weighted by atomic mass is 9.97. The first-order chi connectivity index (χ1) is 18.6. The zero-order chi connectivity index (χ0) is 26.3. The van der Waals surface area contributed by atoms with Crippen LogP contribution in [0.4, 0.5) is 4.79 Å². The number of oxazole rings is 1. The Hall–Kier alpha value is -4.39. The Morgan fingerprint density at radius 2 is 1.76 bits per heavy atom. The lowest BCUT2D eigenvalue weighted by Gasteiger charge is -2.19. The maximum Gasteiger partial charge on any atom is 0.415 e. The summed E-state index contributed by atoms with van der Waals surface area (Å²) in [4.78, 5) is 30.5. The molecule has 5 rings (SSSR count). The SMILES string of the molecule is Cc1oc(-c2ccccc2)nc1CCOc1cccc(C[C@H]2C[C@@H](C=O)N(C(=O)Oc3ccccc3)C2)c1. The second-order valence-corrected chi connectivity index (χ2v) is 9.48. The van der Waals surface area contributed by atoms with Crippen LogP contribution in [0.3, 0.4) is 0 Å². The summed E-state index contributed by atoms with van der Waals surface area (Å²) in [6.45, 7) is 2.86. The minimum absolute atomic E-state index is 0.151. The lowest BCUT2D eigenvalue weighted by Crippen LogP contribution is -2.38. The van der Waals surface area contributed by atoms with Crippen LogP contribution in [0.2, 0.25) is 0 Å². The van der Waals surface area contributed by atoms with Gasteiger partial charge in [0.05, 0.1) is 18.3 Å². The van der Waals surface area contributed by atoms with Crippen molar-refractivity contribution in [2.45, 2.75) is 32.2 Å². The van der Waals surface area contributed by atoms with Crippen molar-refractivity contribution in [2.75, 3.05) is 13.2 Å². The molecule has 7 nitrogen and oxygen atoms in total. The van der Waals surface area contributed by atoms with Crippen LogP contribution >= 0.6 is 0 Å². The molecule has 1 aromatic heterocycles. The van der Waals surface area contributed by atoms with Crippen molar-refractivity contribution in [1.82, 2.24) is 9.88 Å². The summed E-state index contributed by atoms with van der Waals surface area (Å²) in [5.41, 5.74) is 2.93. The molecule has 1 saturated heterocycles. The largest absolute Gasteiger partial charge is 0.493 e. The molecule has 0 saturated carbocycles. The number of likely N-dealkylation sites (tertiary alicyclic amines) is 1. The molecule has 0 bridgehead atoms. The van der Waals surface area contributed by atoms with Crippen LogP contribution < -0.4 is 9.47 Å². The number of hydrogen-bond donors (Lipinski definition) is 0. The Morgan fingerprint density at radius 3 is 2.53 bits per heavy atom. The Labute approximate surface area is 222 Å². The summed E-state index contributed by atoms with van der Waals surface area (Å²) in [6.07, 6.45) is 2.31. The molecule has 0 aliphatic carbocycles. The van der Waals surface area contributed by atoms with E-state index in [1.807, 2.05) is 67.6 Å². The number of aldehydes is 1. The van der Waals surface area contributed by atoms with E-state index in [-0.39, 0.29) is 5.92 Å². The first kappa shape index (κ1) is 25.3. The van der Waals surface area contributed by atoms with Gasteiger partial charge in [0.15, 0.2) is 0 Å². The molecule has 1 aliphatic heterocycles. The molecule has 1 fully saturated rings. The zero-order valence-electron chi connectivity index (χ0n) is 21.3. The van der Waals surface area contributed by atoms with E-state index in [1.165, 1.54) is 4.90 Å². The van der Waals surface area contributed by atoms with Crippen LogP contribution in [-0.2, 0) is 17.6 Å². The van der Waals surface area contributed by atoms with Crippen LogP contribution in [0.1, 0.15) is 23.4 Å². The van der Waals surface area contributed by atoms with Gasteiger partial charge in [-0.3, -0.25) is 4.90 Å². The van der Waals surface area contributed by atoms with Crippen molar-refractivity contribution in [3.8, 4) is 23.0 Å². The maximum atomic E-state index is 12.7. The van der Waals surface area contributed by atoms with Gasteiger partial charge in [0.1, 0.15) is 23.5 Å². The van der Waals surface area contributed by atoms with Crippen molar-refractivity contribution in [2.24, 2.45) is 5.92 Å². The summed E-state index contributed by atoms with van der Waals surface area (Å²) < 4.78 is 17.3. The fraction of sp³-hybridized carbons (Fsp3) is 0.258. The number of rotatable bonds is 9. The molecule has 2 atom stereocenters. The summed E-state index contributed by atoms with van der Waals surface area (Å²) >= 11 is 0. The van der Waals surface area contributed by atoms with Crippen molar-refractivity contribution in [3.05, 3.63) is 102 Å². The summed E-state index contributed by atoms with van der Waals surface area (Å²) in [5, 5.41) is 0. The molecule has 38 heavy (non-hydrogen) atoms. The molecule has 1 aliphatic rings. The van der Waals surface area contributed by atoms with E-state index in [1.54, 1.807) is 24.3 Å². The highest BCUT2D eigenvalue weighted by atomic mass is 16.6. The van der Waals surface area contributed by atoms with Gasteiger partial charge in [-0.05, 0) is 67.6 Å². The molecule has 7 heteroatoms. The number of carbonyl (C=O) groups excluding carboxylic acids is 2. The van der Waals surface area contributed by atoms with Gasteiger partial charge in [-0.25, -0.2) is 9.78 Å². The molecule has 0 spiro atoms. The topological polar surface area (TPSA) is 81.9 Å². The normalized spacial score (nSPS) is 16.8. The molecule has 194 valence electrons. The molecular formula is C31H30N2O5. The highest BCUT2D eigenvalue weighted by Gasteiger charge is 2.36. The van der Waals surface area contributed by atoms with Gasteiger partial charge in [-0.15, -0.1) is 0 Å². The number of ether oxygens (including phenoxy) is 2. The second-order valence-electron chi connectivity index (χ2n) is 9.48. The molecule has 0 unspecified atom stereocenters. The zero-order valence-corrected chi connectivity index (χ0v) is 21.3. The maximum absolute atomic E-state index is 12.7. The van der Waals surface area contributed by atoms with E-state index in [9.17, 15) is 9.59 Å². The molecule has 0 radical (unpaired) electrons. The first-order valence-electron chi connectivity index (χ1n) is 12.8. The van der Waals surface area contributed by atoms with Gasteiger partial charge in [0.25, 0.3) is 0 Å². The monoisotopic (exact) mass is 510 g/mol. The van der Waals surface area contributed by atoms with Gasteiger partial charge in [-0.1, -0.05) is 48.5 Å². The molecule has 3 aromatic carbocycles. The summed E-state index contributed by atoms with van der Waals surface area (Å²) in [7, 11) is 0. The van der Waals surface area contributed by atoms with Crippen LogP contribution in [0.5, 0.6) is 11.5 Å². The number of amides is 1. The van der Waals surface area contributed by atoms with Gasteiger partial charge in [-0.2, -0.15) is 0 Å². The molecule has 0 N–H and O–H groups in total. The third-order valence-corrected chi connectivity index (χ3v) is 6.71. The third kappa shape index (κ3) is 6.11. The third-order valence-electron chi connectivity index (χ3n) is 6.71. The van der Waals surface area contributed by atoms with E-state index in [0.717, 1.165) is 41.0 Å². The van der Waals surface area contributed by atoms with Crippen molar-refractivity contribution >= 4 is 12.4 Å². The number of nitrogens with zero attached hydrogens (tertiary/aromatic N) is 2. The van der Waals surface area contributed by atoms with E-state index in [2.05, 4.69) is 4.98 Å². The van der Waals surface area contributed by atoms with Gasteiger partial charge >= 0.3 is 6.09 Å². The lowest BCUT2D eigenvalue weighted by molar-refractivity contribution is -0.111. The molecular weight excluding hydrogens is 480 g/mol. The molecule has 2 heterocycles. The number of carbonyl (C=O) groups is 2. The minimum Gasteiger partial charge on any atom is -0.493 e. The second kappa shape index (κ2) is 11.8. The Balaban J connectivity index is 1.15. The van der Waals surface area contributed by atoms with Crippen molar-refractivity contribution in [3.63, 3.8) is 0 Å². The number of benzene rings is 3. The molecule has 4 aromatic rings. The first-order valence-corrected chi connectivity index (χ1v) is 12.8. The average molecular weight is 511 g/mol. The van der Waals surface area contributed by atoms with Crippen LogP contribution in [0, 0.1) is 12.8 Å². The smallest absolute Gasteiger partial charge is 0.415 e. The van der Waals surface area contributed by atoms with Gasteiger partial charge < -0.3 is 18.7 Å². The highest BCUT2D eigenvalue weighted by Crippen LogP contribution is 2.28. The average Bonchev–Trinajstić information content (AvgIpc) is 3.53. The van der Waals surface area contributed by atoms with E-state index >= 15 is 0 Å². The van der Waals surface area contributed by atoms with Gasteiger partial charge in [0.2, 0.25) is 5.89 Å². The van der Waals surface area contributed by atoms with Crippen LogP contribution in [0.25, 0.3) is 11.5 Å². The summed E-state index contributed by atoms with van der Waals surface area (Å²) in [5.74, 6) is 2.80. The molecule has 1 amide bonds. The van der Waals surface area contributed by atoms with E-state index in [0.29, 0.717) is 37.6 Å². The number of aromatic nitrogens is 1.